The van der Waals surface area contributed by atoms with Gasteiger partial charge in [-0.2, -0.15) is 13.2 Å². The molecule has 0 aliphatic rings. The van der Waals surface area contributed by atoms with E-state index in [0.29, 0.717) is 34.9 Å². The number of benzene rings is 3. The number of rotatable bonds is 12. The summed E-state index contributed by atoms with van der Waals surface area (Å²) in [7, 11) is 0. The van der Waals surface area contributed by atoms with Crippen molar-refractivity contribution in [1.82, 2.24) is 10.3 Å². The van der Waals surface area contributed by atoms with Crippen LogP contribution in [0.1, 0.15) is 50.4 Å². The molecule has 14 heteroatoms. The van der Waals surface area contributed by atoms with Crippen LogP contribution in [0.5, 0.6) is 11.5 Å². The van der Waals surface area contributed by atoms with Crippen molar-refractivity contribution in [3.05, 3.63) is 96.3 Å². The standard InChI is InChI=1S/C31H34N4O5.C2HF3O2/c1-4-39-28-17-23(11-13-27(28)40-20(2)3)30(35(32)25-12-10-24-19-33-15-14-22(24)16-25)31(38)34-26(18-29(36)37)21-8-6-5-7-9-21;3-2(4,5)1(6)7/h5-17,19-20,26,30H,4,18,32H2,1-3H3,(H,34,38)(H,36,37);(H,6,7)/t26-,30?;/m1./s1. The van der Waals surface area contributed by atoms with Crippen molar-refractivity contribution in [2.75, 3.05) is 11.6 Å². The maximum absolute atomic E-state index is 14.0. The molecule has 0 aliphatic heterocycles. The van der Waals surface area contributed by atoms with E-state index < -0.39 is 36.1 Å². The van der Waals surface area contributed by atoms with Crippen molar-refractivity contribution in [2.24, 2.45) is 5.84 Å². The maximum Gasteiger partial charge on any atom is 0.490 e. The van der Waals surface area contributed by atoms with Crippen LogP contribution in [-0.2, 0) is 14.4 Å². The number of carboxylic acids is 2. The summed E-state index contributed by atoms with van der Waals surface area (Å²) in [6.07, 6.45) is -2.01. The predicted molar refractivity (Wildman–Crippen MR) is 168 cm³/mol. The average molecular weight is 657 g/mol. The molecule has 1 aromatic heterocycles. The van der Waals surface area contributed by atoms with Crippen LogP contribution in [0, 0.1) is 0 Å². The van der Waals surface area contributed by atoms with Gasteiger partial charge in [0.1, 0.15) is 6.04 Å². The van der Waals surface area contributed by atoms with E-state index in [1.165, 1.54) is 5.01 Å². The van der Waals surface area contributed by atoms with Crippen molar-refractivity contribution in [3.8, 4) is 11.5 Å². The van der Waals surface area contributed by atoms with E-state index >= 15 is 0 Å². The van der Waals surface area contributed by atoms with Crippen LogP contribution in [0.25, 0.3) is 10.8 Å². The lowest BCUT2D eigenvalue weighted by molar-refractivity contribution is -0.192. The first kappa shape index (κ1) is 36.1. The minimum Gasteiger partial charge on any atom is -0.490 e. The number of alkyl halides is 3. The Morgan fingerprint density at radius 1 is 0.936 bits per heavy atom. The van der Waals surface area contributed by atoms with Crippen LogP contribution in [0.3, 0.4) is 0 Å². The highest BCUT2D eigenvalue weighted by Gasteiger charge is 2.38. The summed E-state index contributed by atoms with van der Waals surface area (Å²) in [6, 6.07) is 19.9. The van der Waals surface area contributed by atoms with Crippen LogP contribution < -0.4 is 25.6 Å². The third kappa shape index (κ3) is 10.3. The number of carbonyl (C=O) groups is 3. The smallest absolute Gasteiger partial charge is 0.490 e. The number of amides is 1. The van der Waals surface area contributed by atoms with E-state index in [4.69, 9.17) is 25.2 Å². The summed E-state index contributed by atoms with van der Waals surface area (Å²) in [6.45, 7) is 6.10. The summed E-state index contributed by atoms with van der Waals surface area (Å²) in [5.41, 5.74) is 1.82. The van der Waals surface area contributed by atoms with Gasteiger partial charge in [-0.15, -0.1) is 0 Å². The second-order valence-electron chi connectivity index (χ2n) is 10.4. The van der Waals surface area contributed by atoms with E-state index in [-0.39, 0.29) is 12.5 Å². The van der Waals surface area contributed by atoms with Gasteiger partial charge in [0.15, 0.2) is 11.5 Å². The van der Waals surface area contributed by atoms with Crippen LogP contribution >= 0.6 is 0 Å². The molecule has 47 heavy (non-hydrogen) atoms. The Kier molecular flexibility index (Phi) is 12.5. The zero-order chi connectivity index (χ0) is 34.7. The first-order valence-corrected chi connectivity index (χ1v) is 14.4. The molecular formula is C33H35F3N4O7. The highest BCUT2D eigenvalue weighted by atomic mass is 19.4. The Morgan fingerprint density at radius 3 is 2.21 bits per heavy atom. The molecule has 1 amide bonds. The number of pyridine rings is 1. The molecule has 4 aromatic rings. The fourth-order valence-corrected chi connectivity index (χ4v) is 4.50. The highest BCUT2D eigenvalue weighted by Crippen LogP contribution is 2.35. The van der Waals surface area contributed by atoms with Crippen molar-refractivity contribution >= 4 is 34.3 Å². The SMILES string of the molecule is CCOc1cc(C(C(=O)N[C@H](CC(=O)O)c2ccccc2)N(N)c2ccc3cnccc3c2)ccc1OC(C)C.O=C(O)C(F)(F)F. The Labute approximate surface area is 268 Å². The normalized spacial score (nSPS) is 12.3. The minimum absolute atomic E-state index is 0.0788. The summed E-state index contributed by atoms with van der Waals surface area (Å²) in [5, 5.41) is 22.8. The monoisotopic (exact) mass is 656 g/mol. The number of aliphatic carboxylic acids is 2. The van der Waals surface area contributed by atoms with Gasteiger partial charge in [-0.1, -0.05) is 42.5 Å². The molecule has 4 rings (SSSR count). The van der Waals surface area contributed by atoms with Crippen LogP contribution in [0.15, 0.2) is 85.2 Å². The van der Waals surface area contributed by atoms with E-state index in [2.05, 4.69) is 10.3 Å². The molecule has 0 radical (unpaired) electrons. The van der Waals surface area contributed by atoms with E-state index in [1.54, 1.807) is 54.9 Å². The number of carbonyl (C=O) groups excluding carboxylic acids is 1. The van der Waals surface area contributed by atoms with Gasteiger partial charge < -0.3 is 25.0 Å². The third-order valence-electron chi connectivity index (χ3n) is 6.53. The number of hydrazine groups is 1. The summed E-state index contributed by atoms with van der Waals surface area (Å²) in [4.78, 5) is 38.8. The summed E-state index contributed by atoms with van der Waals surface area (Å²) >= 11 is 0. The number of nitrogens with zero attached hydrogens (tertiary/aromatic N) is 2. The molecule has 0 saturated heterocycles. The zero-order valence-electron chi connectivity index (χ0n) is 25.8. The third-order valence-corrected chi connectivity index (χ3v) is 6.53. The molecule has 5 N–H and O–H groups in total. The van der Waals surface area contributed by atoms with Crippen molar-refractivity contribution < 1.29 is 47.2 Å². The Bertz CT molecular complexity index is 1670. The number of nitrogens with two attached hydrogens (primary N) is 1. The van der Waals surface area contributed by atoms with Crippen molar-refractivity contribution in [3.63, 3.8) is 0 Å². The number of carboxylic acid groups (broad SMARTS) is 2. The topological polar surface area (TPSA) is 164 Å². The molecule has 250 valence electrons. The maximum atomic E-state index is 14.0. The number of nitrogens with one attached hydrogen (secondary N) is 1. The number of ether oxygens (including phenoxy) is 2. The van der Waals surface area contributed by atoms with Crippen LogP contribution in [0.4, 0.5) is 18.9 Å². The van der Waals surface area contributed by atoms with E-state index in [1.807, 2.05) is 51.1 Å². The number of aromatic nitrogens is 1. The van der Waals surface area contributed by atoms with Gasteiger partial charge in [-0.05, 0) is 67.6 Å². The lowest BCUT2D eigenvalue weighted by atomic mass is 10.00. The average Bonchev–Trinajstić information content (AvgIpc) is 3.01. The first-order chi connectivity index (χ1) is 22.2. The zero-order valence-corrected chi connectivity index (χ0v) is 25.8. The molecule has 0 fully saturated rings. The Hall–Kier alpha value is -5.37. The van der Waals surface area contributed by atoms with Crippen molar-refractivity contribution in [1.29, 1.82) is 0 Å². The second kappa shape index (κ2) is 16.3. The van der Waals surface area contributed by atoms with Gasteiger partial charge in [0.05, 0.1) is 30.9 Å². The van der Waals surface area contributed by atoms with E-state index in [0.717, 1.165) is 10.8 Å². The van der Waals surface area contributed by atoms with Crippen LogP contribution in [-0.4, -0.2) is 51.9 Å². The number of anilines is 1. The van der Waals surface area contributed by atoms with Gasteiger partial charge in [0.2, 0.25) is 5.91 Å². The van der Waals surface area contributed by atoms with Crippen molar-refractivity contribution in [2.45, 2.75) is 51.6 Å². The summed E-state index contributed by atoms with van der Waals surface area (Å²) < 4.78 is 43.5. The molecule has 0 bridgehead atoms. The molecule has 0 spiro atoms. The Morgan fingerprint density at radius 2 is 1.62 bits per heavy atom. The highest BCUT2D eigenvalue weighted by molar-refractivity contribution is 5.90. The number of fused-ring (bicyclic) bond motifs is 1. The van der Waals surface area contributed by atoms with E-state index in [9.17, 15) is 27.9 Å². The molecule has 3 aromatic carbocycles. The first-order valence-electron chi connectivity index (χ1n) is 14.4. The van der Waals surface area contributed by atoms with Crippen LogP contribution in [0.2, 0.25) is 0 Å². The predicted octanol–water partition coefficient (Wildman–Crippen LogP) is 5.81. The summed E-state index contributed by atoms with van der Waals surface area (Å²) in [5.74, 6) is 3.46. The molecular weight excluding hydrogens is 621 g/mol. The fourth-order valence-electron chi connectivity index (χ4n) is 4.50. The molecule has 0 saturated carbocycles. The van der Waals surface area contributed by atoms with Gasteiger partial charge in [-0.25, -0.2) is 10.6 Å². The largest absolute Gasteiger partial charge is 0.490 e. The van der Waals surface area contributed by atoms with Gasteiger partial charge in [0, 0.05) is 17.8 Å². The lowest BCUT2D eigenvalue weighted by Crippen LogP contribution is -2.45. The molecule has 1 heterocycles. The van der Waals surface area contributed by atoms with Gasteiger partial charge >= 0.3 is 18.1 Å². The lowest BCUT2D eigenvalue weighted by Gasteiger charge is -2.31. The molecule has 11 nitrogen and oxygen atoms in total. The van der Waals surface area contributed by atoms with Gasteiger partial charge in [0.25, 0.3) is 0 Å². The molecule has 1 unspecified atom stereocenters. The number of hydrogen-bond acceptors (Lipinski definition) is 8. The quantitative estimate of drug-likeness (QED) is 0.108. The number of halogens is 3. The Balaban J connectivity index is 0.000000771. The number of hydrogen-bond donors (Lipinski definition) is 4. The second-order valence-corrected chi connectivity index (χ2v) is 10.4. The minimum atomic E-state index is -5.08. The fraction of sp³-hybridized carbons (Fsp3) is 0.273. The molecule has 0 aliphatic carbocycles. The molecule has 2 atom stereocenters. The van der Waals surface area contributed by atoms with Gasteiger partial charge in [-0.3, -0.25) is 19.6 Å².